The molecule has 0 radical (unpaired) electrons. The summed E-state index contributed by atoms with van der Waals surface area (Å²) < 4.78 is 5.75. The van der Waals surface area contributed by atoms with Gasteiger partial charge in [-0.2, -0.15) is 0 Å². The van der Waals surface area contributed by atoms with Crippen molar-refractivity contribution in [1.82, 2.24) is 0 Å². The second-order valence-electron chi connectivity index (χ2n) is 5.39. The number of ether oxygens (including phenoxy) is 1. The topological polar surface area (TPSA) is 29.5 Å². The average Bonchev–Trinajstić information content (AvgIpc) is 2.59. The smallest absolute Gasteiger partial charge is 0.234 e. The van der Waals surface area contributed by atoms with Crippen LogP contribution in [0.3, 0.4) is 0 Å². The van der Waals surface area contributed by atoms with Gasteiger partial charge in [0.05, 0.1) is 5.92 Å². The van der Waals surface area contributed by atoms with Crippen molar-refractivity contribution in [3.63, 3.8) is 0 Å². The molecule has 0 saturated heterocycles. The normalized spacial score (nSPS) is 16.3. The molecule has 0 saturated carbocycles. The van der Waals surface area contributed by atoms with E-state index in [2.05, 4.69) is 6.58 Å². The van der Waals surface area contributed by atoms with E-state index in [9.17, 15) is 4.79 Å². The van der Waals surface area contributed by atoms with Gasteiger partial charge in [-0.1, -0.05) is 42.5 Å². The van der Waals surface area contributed by atoms with E-state index in [4.69, 9.17) is 4.74 Å². The lowest BCUT2D eigenvalue weighted by Crippen LogP contribution is -2.41. The monoisotopic (exact) mass is 293 g/mol. The van der Waals surface area contributed by atoms with Crippen LogP contribution >= 0.6 is 0 Å². The highest BCUT2D eigenvalue weighted by Crippen LogP contribution is 2.28. The zero-order valence-corrected chi connectivity index (χ0v) is 12.4. The molecule has 0 bridgehead atoms. The number of nitrogens with zero attached hydrogens (tertiary/aromatic N) is 1. The maximum Gasteiger partial charge on any atom is 0.234 e. The molecule has 22 heavy (non-hydrogen) atoms. The van der Waals surface area contributed by atoms with Crippen LogP contribution < -0.4 is 9.64 Å². The quantitative estimate of drug-likeness (QED) is 0.808. The Bertz CT molecular complexity index is 666. The minimum atomic E-state index is -0.157. The zero-order chi connectivity index (χ0) is 15.4. The predicted molar refractivity (Wildman–Crippen MR) is 88.1 cm³/mol. The summed E-state index contributed by atoms with van der Waals surface area (Å²) in [6.45, 7) is 4.69. The molecule has 0 N–H and O–H groups in total. The SMILES string of the molecule is C=CCN(C(=O)C1COc2ccccc2C1)c1ccccc1. The fourth-order valence-corrected chi connectivity index (χ4v) is 2.77. The Kier molecular flexibility index (Phi) is 4.24. The number of para-hydroxylation sites is 2. The minimum absolute atomic E-state index is 0.0839. The highest BCUT2D eigenvalue weighted by atomic mass is 16.5. The molecule has 0 spiro atoms. The Morgan fingerprint density at radius 1 is 1.18 bits per heavy atom. The van der Waals surface area contributed by atoms with E-state index in [1.165, 1.54) is 0 Å². The van der Waals surface area contributed by atoms with Gasteiger partial charge >= 0.3 is 0 Å². The molecule has 112 valence electrons. The van der Waals surface area contributed by atoms with E-state index in [1.807, 2.05) is 54.6 Å². The zero-order valence-electron chi connectivity index (χ0n) is 12.4. The van der Waals surface area contributed by atoms with Crippen LogP contribution in [0.1, 0.15) is 5.56 Å². The molecule has 1 heterocycles. The van der Waals surface area contributed by atoms with Crippen molar-refractivity contribution in [2.24, 2.45) is 5.92 Å². The van der Waals surface area contributed by atoms with E-state index in [0.717, 1.165) is 23.4 Å². The van der Waals surface area contributed by atoms with Gasteiger partial charge in [-0.15, -0.1) is 6.58 Å². The number of hydrogen-bond acceptors (Lipinski definition) is 2. The highest BCUT2D eigenvalue weighted by molar-refractivity contribution is 5.95. The number of rotatable bonds is 4. The summed E-state index contributed by atoms with van der Waals surface area (Å²) in [4.78, 5) is 14.7. The van der Waals surface area contributed by atoms with Crippen molar-refractivity contribution in [2.75, 3.05) is 18.1 Å². The van der Waals surface area contributed by atoms with Gasteiger partial charge in [0, 0.05) is 12.2 Å². The largest absolute Gasteiger partial charge is 0.492 e. The molecule has 1 aliphatic heterocycles. The van der Waals surface area contributed by atoms with Crippen molar-refractivity contribution >= 4 is 11.6 Å². The van der Waals surface area contributed by atoms with Gasteiger partial charge < -0.3 is 9.64 Å². The molecule has 0 fully saturated rings. The third kappa shape index (κ3) is 2.89. The molecule has 0 aliphatic carbocycles. The van der Waals surface area contributed by atoms with Crippen molar-refractivity contribution in [2.45, 2.75) is 6.42 Å². The molecule has 2 aromatic rings. The maximum absolute atomic E-state index is 12.9. The molecule has 3 heteroatoms. The summed E-state index contributed by atoms with van der Waals surface area (Å²) in [6, 6.07) is 17.6. The van der Waals surface area contributed by atoms with Crippen LogP contribution in [0.5, 0.6) is 5.75 Å². The van der Waals surface area contributed by atoms with Crippen LogP contribution in [0.2, 0.25) is 0 Å². The van der Waals surface area contributed by atoms with Crippen LogP contribution in [-0.4, -0.2) is 19.1 Å². The first-order valence-electron chi connectivity index (χ1n) is 7.47. The van der Waals surface area contributed by atoms with Gasteiger partial charge in [0.2, 0.25) is 5.91 Å². The Morgan fingerprint density at radius 3 is 2.68 bits per heavy atom. The molecule has 1 amide bonds. The summed E-state index contributed by atoms with van der Waals surface area (Å²) in [5, 5.41) is 0. The number of anilines is 1. The molecular formula is C19H19NO2. The predicted octanol–water partition coefficient (Wildman–Crippen LogP) is 3.46. The summed E-state index contributed by atoms with van der Waals surface area (Å²) in [6.07, 6.45) is 2.47. The second kappa shape index (κ2) is 6.48. The number of carbonyl (C=O) groups excluding carboxylic acids is 1. The van der Waals surface area contributed by atoms with Crippen LogP contribution in [-0.2, 0) is 11.2 Å². The second-order valence-corrected chi connectivity index (χ2v) is 5.39. The highest BCUT2D eigenvalue weighted by Gasteiger charge is 2.29. The molecule has 0 aromatic heterocycles. The van der Waals surface area contributed by atoms with Gasteiger partial charge in [-0.3, -0.25) is 4.79 Å². The first-order valence-corrected chi connectivity index (χ1v) is 7.47. The van der Waals surface area contributed by atoms with Crippen LogP contribution in [0.15, 0.2) is 67.3 Å². The molecule has 3 rings (SSSR count). The Morgan fingerprint density at radius 2 is 1.91 bits per heavy atom. The van der Waals surface area contributed by atoms with Crippen molar-refractivity contribution in [1.29, 1.82) is 0 Å². The maximum atomic E-state index is 12.9. The Balaban J connectivity index is 1.81. The van der Waals surface area contributed by atoms with Gasteiger partial charge in [0.15, 0.2) is 0 Å². The minimum Gasteiger partial charge on any atom is -0.492 e. The van der Waals surface area contributed by atoms with Crippen LogP contribution in [0, 0.1) is 5.92 Å². The molecule has 1 atom stereocenters. The van der Waals surface area contributed by atoms with E-state index in [0.29, 0.717) is 13.2 Å². The summed E-state index contributed by atoms with van der Waals surface area (Å²) in [7, 11) is 0. The third-order valence-corrected chi connectivity index (χ3v) is 3.87. The Hall–Kier alpha value is -2.55. The molecular weight excluding hydrogens is 274 g/mol. The van der Waals surface area contributed by atoms with Gasteiger partial charge in [-0.05, 0) is 30.2 Å². The summed E-state index contributed by atoms with van der Waals surface area (Å²) >= 11 is 0. The molecule has 3 nitrogen and oxygen atoms in total. The molecule has 1 aliphatic rings. The molecule has 2 aromatic carbocycles. The van der Waals surface area contributed by atoms with Gasteiger partial charge in [0.25, 0.3) is 0 Å². The van der Waals surface area contributed by atoms with E-state index in [-0.39, 0.29) is 11.8 Å². The average molecular weight is 293 g/mol. The van der Waals surface area contributed by atoms with E-state index in [1.54, 1.807) is 11.0 Å². The van der Waals surface area contributed by atoms with Crippen LogP contribution in [0.4, 0.5) is 5.69 Å². The lowest BCUT2D eigenvalue weighted by Gasteiger charge is -2.30. The lowest BCUT2D eigenvalue weighted by molar-refractivity contribution is -0.123. The van der Waals surface area contributed by atoms with Gasteiger partial charge in [0.1, 0.15) is 12.4 Å². The fraction of sp³-hybridized carbons (Fsp3) is 0.211. The van der Waals surface area contributed by atoms with Crippen molar-refractivity contribution in [3.8, 4) is 5.75 Å². The first-order chi connectivity index (χ1) is 10.8. The number of benzene rings is 2. The van der Waals surface area contributed by atoms with E-state index >= 15 is 0 Å². The number of fused-ring (bicyclic) bond motifs is 1. The van der Waals surface area contributed by atoms with Crippen molar-refractivity contribution < 1.29 is 9.53 Å². The molecule has 1 unspecified atom stereocenters. The number of amides is 1. The summed E-state index contributed by atoms with van der Waals surface area (Å²) in [5.41, 5.74) is 1.99. The summed E-state index contributed by atoms with van der Waals surface area (Å²) in [5.74, 6) is 0.817. The Labute approximate surface area is 130 Å². The van der Waals surface area contributed by atoms with Crippen LogP contribution in [0.25, 0.3) is 0 Å². The number of carbonyl (C=O) groups is 1. The lowest BCUT2D eigenvalue weighted by atomic mass is 9.95. The third-order valence-electron chi connectivity index (χ3n) is 3.87. The fourth-order valence-electron chi connectivity index (χ4n) is 2.77. The van der Waals surface area contributed by atoms with Crippen molar-refractivity contribution in [3.05, 3.63) is 72.8 Å². The van der Waals surface area contributed by atoms with E-state index < -0.39 is 0 Å². The van der Waals surface area contributed by atoms with Gasteiger partial charge in [-0.25, -0.2) is 0 Å². The number of hydrogen-bond donors (Lipinski definition) is 0. The first kappa shape index (κ1) is 14.4. The standard InChI is InChI=1S/C19H19NO2/c1-2-12-20(17-9-4-3-5-10-17)19(21)16-13-15-8-6-7-11-18(15)22-14-16/h2-11,16H,1,12-14H2.